The number of rotatable bonds is 1. The third-order valence-corrected chi connectivity index (χ3v) is 5.84. The molecule has 0 N–H and O–H groups in total. The van der Waals surface area contributed by atoms with Gasteiger partial charge in [0.2, 0.25) is 0 Å². The summed E-state index contributed by atoms with van der Waals surface area (Å²) >= 11 is 6.47. The predicted octanol–water partition coefficient (Wildman–Crippen LogP) is 4.64. The van der Waals surface area contributed by atoms with Gasteiger partial charge >= 0.3 is 0 Å². The lowest BCUT2D eigenvalue weighted by atomic mass is 10.00. The van der Waals surface area contributed by atoms with Crippen molar-refractivity contribution in [2.45, 2.75) is 13.0 Å². The smallest absolute Gasteiger partial charge is 0.155 e. The molecule has 0 atom stereocenters. The molecular weight excluding hydrogens is 370 g/mol. The summed E-state index contributed by atoms with van der Waals surface area (Å²) in [6.45, 7) is 1.65. The van der Waals surface area contributed by atoms with Crippen LogP contribution in [-0.2, 0) is 13.0 Å². The summed E-state index contributed by atoms with van der Waals surface area (Å²) in [6.07, 6.45) is 4.32. The number of anilines is 2. The zero-order valence-corrected chi connectivity index (χ0v) is 15.8. The number of hydrazine groups is 1. The molecule has 2 aliphatic heterocycles. The first-order valence-electron chi connectivity index (χ1n) is 9.32. The van der Waals surface area contributed by atoms with E-state index in [1.165, 1.54) is 11.3 Å². The van der Waals surface area contributed by atoms with E-state index in [-0.39, 0.29) is 0 Å². The fraction of sp³-hybridized carbons (Fsp3) is 0.136. The highest BCUT2D eigenvalue weighted by Gasteiger charge is 2.36. The van der Waals surface area contributed by atoms with Crippen LogP contribution in [0.5, 0.6) is 0 Å². The topological polar surface area (TPSA) is 45.2 Å². The van der Waals surface area contributed by atoms with E-state index in [1.54, 1.807) is 12.4 Å². The Kier molecular flexibility index (Phi) is 3.34. The lowest BCUT2D eigenvalue weighted by Crippen LogP contribution is -2.43. The largest absolute Gasteiger partial charge is 0.279 e. The number of nitrogens with zero attached hydrogens (tertiary/aromatic N) is 5. The van der Waals surface area contributed by atoms with Gasteiger partial charge < -0.3 is 0 Å². The zero-order chi connectivity index (χ0) is 18.7. The summed E-state index contributed by atoms with van der Waals surface area (Å²) in [4.78, 5) is 13.9. The summed E-state index contributed by atoms with van der Waals surface area (Å²) in [5.41, 5.74) is 6.46. The van der Waals surface area contributed by atoms with Crippen LogP contribution in [0.1, 0.15) is 11.1 Å². The van der Waals surface area contributed by atoms with Gasteiger partial charge in [-0.05, 0) is 24.1 Å². The standard InChI is InChI=1S/C22H16ClN5/c23-21-20(24-10-11-25-21)19-15-6-2-3-7-17(15)26-22-16(19)13-28-18-8-4-1-5-14(18)9-12-27(22)28/h1-8,10-11H,9,12-13H2. The lowest BCUT2D eigenvalue weighted by Gasteiger charge is -2.36. The second kappa shape index (κ2) is 5.91. The average Bonchev–Trinajstić information content (AvgIpc) is 3.11. The molecule has 0 aliphatic carbocycles. The van der Waals surface area contributed by atoms with Gasteiger partial charge in [0.15, 0.2) is 11.0 Å². The molecule has 2 aliphatic rings. The van der Waals surface area contributed by atoms with Gasteiger partial charge in [-0.2, -0.15) is 0 Å². The van der Waals surface area contributed by atoms with Crippen LogP contribution >= 0.6 is 11.6 Å². The van der Waals surface area contributed by atoms with Crippen LogP contribution < -0.4 is 10.0 Å². The van der Waals surface area contributed by atoms with E-state index in [1.807, 2.05) is 18.2 Å². The monoisotopic (exact) mass is 385 g/mol. The van der Waals surface area contributed by atoms with Crippen LogP contribution in [0.2, 0.25) is 5.15 Å². The first-order chi connectivity index (χ1) is 13.8. The molecule has 0 spiro atoms. The van der Waals surface area contributed by atoms with E-state index in [4.69, 9.17) is 16.6 Å². The molecule has 0 radical (unpaired) electrons. The molecule has 136 valence electrons. The van der Waals surface area contributed by atoms with E-state index in [2.05, 4.69) is 50.3 Å². The van der Waals surface area contributed by atoms with Crippen molar-refractivity contribution in [3.05, 3.63) is 77.2 Å². The number of pyridine rings is 1. The van der Waals surface area contributed by atoms with Gasteiger partial charge in [0.1, 0.15) is 5.69 Å². The summed E-state index contributed by atoms with van der Waals surface area (Å²) < 4.78 is 0. The molecule has 0 amide bonds. The van der Waals surface area contributed by atoms with Gasteiger partial charge in [-0.1, -0.05) is 48.0 Å². The van der Waals surface area contributed by atoms with Crippen molar-refractivity contribution in [3.8, 4) is 11.3 Å². The Balaban J connectivity index is 1.64. The van der Waals surface area contributed by atoms with Crippen molar-refractivity contribution in [2.75, 3.05) is 16.6 Å². The minimum Gasteiger partial charge on any atom is -0.279 e. The molecular formula is C22H16ClN5. The SMILES string of the molecule is Clc1nccnc1-c1c2c(nc3ccccc13)N1CCc3ccccc3N1C2. The summed E-state index contributed by atoms with van der Waals surface area (Å²) in [7, 11) is 0. The Labute approximate surface area is 167 Å². The second-order valence-electron chi connectivity index (χ2n) is 7.06. The number of fused-ring (bicyclic) bond motifs is 6. The Morgan fingerprint density at radius 1 is 0.893 bits per heavy atom. The van der Waals surface area contributed by atoms with Gasteiger partial charge in [-0.3, -0.25) is 15.0 Å². The Bertz CT molecular complexity index is 1240. The van der Waals surface area contributed by atoms with Crippen molar-refractivity contribution < 1.29 is 0 Å². The van der Waals surface area contributed by atoms with Crippen LogP contribution in [-0.4, -0.2) is 21.5 Å². The van der Waals surface area contributed by atoms with Crippen LogP contribution in [0.15, 0.2) is 60.9 Å². The highest BCUT2D eigenvalue weighted by Crippen LogP contribution is 2.45. The second-order valence-corrected chi connectivity index (χ2v) is 7.42. The van der Waals surface area contributed by atoms with Crippen molar-refractivity contribution in [1.82, 2.24) is 15.0 Å². The fourth-order valence-corrected chi connectivity index (χ4v) is 4.55. The molecule has 0 unspecified atom stereocenters. The fourth-order valence-electron chi connectivity index (χ4n) is 4.35. The minimum absolute atomic E-state index is 0.418. The molecule has 28 heavy (non-hydrogen) atoms. The normalized spacial score (nSPS) is 14.8. The minimum atomic E-state index is 0.418. The highest BCUT2D eigenvalue weighted by molar-refractivity contribution is 6.32. The Morgan fingerprint density at radius 3 is 2.64 bits per heavy atom. The maximum atomic E-state index is 6.47. The van der Waals surface area contributed by atoms with E-state index in [0.29, 0.717) is 10.8 Å². The van der Waals surface area contributed by atoms with Crippen molar-refractivity contribution in [1.29, 1.82) is 0 Å². The molecule has 0 fully saturated rings. The van der Waals surface area contributed by atoms with Crippen LogP contribution in [0, 0.1) is 0 Å². The maximum absolute atomic E-state index is 6.47. The van der Waals surface area contributed by atoms with Gasteiger partial charge in [0.25, 0.3) is 0 Å². The molecule has 6 rings (SSSR count). The molecule has 6 heteroatoms. The number of benzene rings is 2. The Hall–Kier alpha value is -3.18. The molecule has 0 saturated heterocycles. The van der Waals surface area contributed by atoms with E-state index in [0.717, 1.165) is 47.4 Å². The molecule has 4 aromatic rings. The number of aromatic nitrogens is 3. The first kappa shape index (κ1) is 15.8. The van der Waals surface area contributed by atoms with Crippen molar-refractivity contribution in [2.24, 2.45) is 0 Å². The molecule has 4 heterocycles. The zero-order valence-electron chi connectivity index (χ0n) is 15.0. The highest BCUT2D eigenvalue weighted by atomic mass is 35.5. The third kappa shape index (κ3) is 2.17. The van der Waals surface area contributed by atoms with E-state index < -0.39 is 0 Å². The quantitative estimate of drug-likeness (QED) is 0.477. The van der Waals surface area contributed by atoms with Gasteiger partial charge in [-0.15, -0.1) is 0 Å². The van der Waals surface area contributed by atoms with Gasteiger partial charge in [0.05, 0.1) is 17.7 Å². The molecule has 2 aromatic heterocycles. The van der Waals surface area contributed by atoms with E-state index in [9.17, 15) is 0 Å². The third-order valence-electron chi connectivity index (χ3n) is 5.57. The maximum Gasteiger partial charge on any atom is 0.155 e. The van der Waals surface area contributed by atoms with Crippen molar-refractivity contribution >= 4 is 34.0 Å². The summed E-state index contributed by atoms with van der Waals surface area (Å²) in [6, 6.07) is 16.8. The van der Waals surface area contributed by atoms with Crippen LogP contribution in [0.25, 0.3) is 22.2 Å². The van der Waals surface area contributed by atoms with E-state index >= 15 is 0 Å². The van der Waals surface area contributed by atoms with Gasteiger partial charge in [-0.25, -0.2) is 9.97 Å². The summed E-state index contributed by atoms with van der Waals surface area (Å²) in [5.74, 6) is 0.991. The molecule has 0 saturated carbocycles. The van der Waals surface area contributed by atoms with Crippen LogP contribution in [0.4, 0.5) is 11.5 Å². The molecule has 0 bridgehead atoms. The first-order valence-corrected chi connectivity index (χ1v) is 9.70. The lowest BCUT2D eigenvalue weighted by molar-refractivity contribution is 0.707. The molecule has 5 nitrogen and oxygen atoms in total. The van der Waals surface area contributed by atoms with Crippen molar-refractivity contribution in [3.63, 3.8) is 0 Å². The number of hydrogen-bond donors (Lipinski definition) is 0. The average molecular weight is 386 g/mol. The molecule has 2 aromatic carbocycles. The number of halogens is 1. The summed E-state index contributed by atoms with van der Waals surface area (Å²) in [5, 5.41) is 6.08. The van der Waals surface area contributed by atoms with Gasteiger partial charge in [0, 0.05) is 35.5 Å². The predicted molar refractivity (Wildman–Crippen MR) is 111 cm³/mol. The number of hydrogen-bond acceptors (Lipinski definition) is 5. The Morgan fingerprint density at radius 2 is 1.71 bits per heavy atom. The number of para-hydroxylation sites is 2. The van der Waals surface area contributed by atoms with Crippen LogP contribution in [0.3, 0.4) is 0 Å².